The van der Waals surface area contributed by atoms with Gasteiger partial charge in [0.2, 0.25) is 0 Å². The first-order valence-corrected chi connectivity index (χ1v) is 14.3. The molecule has 7 nitrogen and oxygen atoms in total. The second kappa shape index (κ2) is 11.8. The Morgan fingerprint density at radius 2 is 1.78 bits per heavy atom. The molecule has 0 saturated carbocycles. The minimum absolute atomic E-state index is 0.0167. The number of fused-ring (bicyclic) bond motifs is 1. The maximum atomic E-state index is 15.7. The van der Waals surface area contributed by atoms with E-state index in [9.17, 15) is 14.3 Å². The summed E-state index contributed by atoms with van der Waals surface area (Å²) in [6.45, 7) is 4.50. The Bertz CT molecular complexity index is 1950. The number of carbonyl (C=O) groups is 1. The predicted molar refractivity (Wildman–Crippen MR) is 158 cm³/mol. The summed E-state index contributed by atoms with van der Waals surface area (Å²) >= 11 is 5.88. The molecular weight excluding hydrogens is 614 g/mol. The summed E-state index contributed by atoms with van der Waals surface area (Å²) in [4.78, 5) is 20.3. The molecule has 1 aliphatic heterocycles. The van der Waals surface area contributed by atoms with Gasteiger partial charge < -0.3 is 19.1 Å². The largest absolute Gasteiger partial charge is 0.478 e. The highest BCUT2D eigenvalue weighted by Crippen LogP contribution is 2.41. The zero-order valence-electron chi connectivity index (χ0n) is 24.1. The summed E-state index contributed by atoms with van der Waals surface area (Å²) in [5.74, 6) is -6.14. The zero-order chi connectivity index (χ0) is 32.0. The Morgan fingerprint density at radius 3 is 2.47 bits per heavy atom. The Morgan fingerprint density at radius 1 is 1.02 bits per heavy atom. The highest BCUT2D eigenvalue weighted by Gasteiger charge is 2.39. The van der Waals surface area contributed by atoms with E-state index >= 15 is 13.2 Å². The number of imidazole rings is 1. The topological polar surface area (TPSA) is 86.5 Å². The van der Waals surface area contributed by atoms with E-state index in [0.717, 1.165) is 18.2 Å². The van der Waals surface area contributed by atoms with Crippen molar-refractivity contribution in [2.24, 2.45) is 5.41 Å². The number of pyridine rings is 1. The highest BCUT2D eigenvalue weighted by atomic mass is 35.5. The van der Waals surface area contributed by atoms with E-state index in [1.807, 2.05) is 13.8 Å². The molecular formula is C33H26ClF4N3O4. The van der Waals surface area contributed by atoms with Gasteiger partial charge in [0, 0.05) is 28.0 Å². The van der Waals surface area contributed by atoms with Crippen molar-refractivity contribution in [3.63, 3.8) is 0 Å². The van der Waals surface area contributed by atoms with Gasteiger partial charge >= 0.3 is 5.97 Å². The summed E-state index contributed by atoms with van der Waals surface area (Å²) in [5.41, 5.74) is -0.207. The van der Waals surface area contributed by atoms with E-state index in [1.165, 1.54) is 18.2 Å². The van der Waals surface area contributed by atoms with Crippen LogP contribution >= 0.6 is 11.6 Å². The van der Waals surface area contributed by atoms with Gasteiger partial charge in [0.15, 0.2) is 17.5 Å². The molecule has 3 heterocycles. The van der Waals surface area contributed by atoms with Gasteiger partial charge in [0.1, 0.15) is 18.2 Å². The Kier molecular flexibility index (Phi) is 8.00. The second-order valence-corrected chi connectivity index (χ2v) is 12.0. The Labute approximate surface area is 260 Å². The molecule has 0 radical (unpaired) electrons. The van der Waals surface area contributed by atoms with Gasteiger partial charge in [0.05, 0.1) is 41.5 Å². The quantitative estimate of drug-likeness (QED) is 0.138. The number of carboxylic acids is 1. The summed E-state index contributed by atoms with van der Waals surface area (Å²) in [6, 6.07) is 13.5. The van der Waals surface area contributed by atoms with E-state index in [4.69, 9.17) is 21.1 Å². The number of aromatic carboxylic acids is 1. The standard InChI is InChI=1S/C33H26ClF4N3O4/c1-33(2)16-44-15-27(33)41-26-11-18(32(42)43)5-9-25(26)39-28(41)13-20-23(36)12-21(30(38)29(20)37)24-10-8-22(35)31(40-24)45-14-17-3-6-19(34)7-4-17/h3-12,27H,13-16H2,1-2H3,(H,42,43). The number of aromatic nitrogens is 3. The molecule has 5 aromatic rings. The number of rotatable bonds is 8. The third-order valence-electron chi connectivity index (χ3n) is 7.94. The van der Waals surface area contributed by atoms with Crippen LogP contribution in [0.4, 0.5) is 17.6 Å². The lowest BCUT2D eigenvalue weighted by atomic mass is 9.87. The Hall–Kier alpha value is -4.48. The first kappa shape index (κ1) is 30.5. The molecule has 1 saturated heterocycles. The van der Waals surface area contributed by atoms with Crippen molar-refractivity contribution in [3.8, 4) is 17.1 Å². The average Bonchev–Trinajstić information content (AvgIpc) is 3.54. The highest BCUT2D eigenvalue weighted by molar-refractivity contribution is 6.30. The fraction of sp³-hybridized carbons (Fsp3) is 0.242. The summed E-state index contributed by atoms with van der Waals surface area (Å²) in [7, 11) is 0. The van der Waals surface area contributed by atoms with Crippen LogP contribution in [0.2, 0.25) is 5.02 Å². The minimum Gasteiger partial charge on any atom is -0.478 e. The minimum atomic E-state index is -1.45. The molecule has 1 unspecified atom stereocenters. The fourth-order valence-electron chi connectivity index (χ4n) is 5.47. The van der Waals surface area contributed by atoms with Crippen LogP contribution in [0.1, 0.15) is 47.2 Å². The van der Waals surface area contributed by atoms with E-state index in [1.54, 1.807) is 28.8 Å². The van der Waals surface area contributed by atoms with E-state index in [0.29, 0.717) is 28.2 Å². The van der Waals surface area contributed by atoms with Gasteiger partial charge in [0.25, 0.3) is 5.88 Å². The third-order valence-corrected chi connectivity index (χ3v) is 8.19. The second-order valence-electron chi connectivity index (χ2n) is 11.5. The molecule has 0 amide bonds. The van der Waals surface area contributed by atoms with E-state index in [2.05, 4.69) is 9.97 Å². The molecule has 1 aliphatic rings. The number of carboxylic acid groups (broad SMARTS) is 1. The van der Waals surface area contributed by atoms with Crippen molar-refractivity contribution in [1.82, 2.24) is 14.5 Å². The Balaban J connectivity index is 1.37. The van der Waals surface area contributed by atoms with Gasteiger partial charge in [-0.1, -0.05) is 37.6 Å². The molecule has 12 heteroatoms. The molecule has 6 rings (SSSR count). The van der Waals surface area contributed by atoms with Crippen LogP contribution in [0, 0.1) is 28.7 Å². The normalized spacial score (nSPS) is 15.9. The number of hydrogen-bond donors (Lipinski definition) is 1. The average molecular weight is 640 g/mol. The zero-order valence-corrected chi connectivity index (χ0v) is 24.8. The van der Waals surface area contributed by atoms with Crippen molar-refractivity contribution < 1.29 is 36.9 Å². The third kappa shape index (κ3) is 5.85. The van der Waals surface area contributed by atoms with Gasteiger partial charge in [-0.25, -0.2) is 32.3 Å². The van der Waals surface area contributed by atoms with Crippen LogP contribution in [-0.4, -0.2) is 38.8 Å². The summed E-state index contributed by atoms with van der Waals surface area (Å²) in [6.07, 6.45) is -0.440. The van der Waals surface area contributed by atoms with Gasteiger partial charge in [-0.15, -0.1) is 0 Å². The maximum absolute atomic E-state index is 15.7. The number of nitrogens with zero attached hydrogens (tertiary/aromatic N) is 3. The molecule has 45 heavy (non-hydrogen) atoms. The van der Waals surface area contributed by atoms with Crippen molar-refractivity contribution in [3.05, 3.63) is 111 Å². The van der Waals surface area contributed by atoms with Gasteiger partial charge in [-0.05, 0) is 54.1 Å². The fourth-order valence-corrected chi connectivity index (χ4v) is 5.60. The van der Waals surface area contributed by atoms with Crippen molar-refractivity contribution in [2.75, 3.05) is 13.2 Å². The SMILES string of the molecule is CC1(C)COCC1n1c(Cc2c(F)cc(-c3ccc(F)c(OCc4ccc(Cl)cc4)n3)c(F)c2F)nc2ccc(C(=O)O)cc21. The first-order chi connectivity index (χ1) is 21.4. The molecule has 1 fully saturated rings. The molecule has 1 N–H and O–H groups in total. The molecule has 3 aromatic carbocycles. The first-order valence-electron chi connectivity index (χ1n) is 14.0. The van der Waals surface area contributed by atoms with E-state index in [-0.39, 0.29) is 36.3 Å². The maximum Gasteiger partial charge on any atom is 0.335 e. The lowest BCUT2D eigenvalue weighted by Crippen LogP contribution is -2.27. The lowest BCUT2D eigenvalue weighted by Gasteiger charge is -2.28. The molecule has 1 atom stereocenters. The van der Waals surface area contributed by atoms with Crippen LogP contribution < -0.4 is 4.74 Å². The number of hydrogen-bond acceptors (Lipinski definition) is 5. The number of benzene rings is 3. The monoisotopic (exact) mass is 639 g/mol. The lowest BCUT2D eigenvalue weighted by molar-refractivity contribution is 0.0697. The molecule has 0 aliphatic carbocycles. The number of ether oxygens (including phenoxy) is 2. The summed E-state index contributed by atoms with van der Waals surface area (Å²) < 4.78 is 74.3. The van der Waals surface area contributed by atoms with E-state index < -0.39 is 58.1 Å². The summed E-state index contributed by atoms with van der Waals surface area (Å²) in [5, 5.41) is 10.1. The molecule has 232 valence electrons. The van der Waals surface area contributed by atoms with Crippen molar-refractivity contribution in [2.45, 2.75) is 32.9 Å². The van der Waals surface area contributed by atoms with Crippen LogP contribution in [0.3, 0.4) is 0 Å². The van der Waals surface area contributed by atoms with Gasteiger partial charge in [-0.3, -0.25) is 0 Å². The van der Waals surface area contributed by atoms with Crippen molar-refractivity contribution in [1.29, 1.82) is 0 Å². The van der Waals surface area contributed by atoms with Crippen LogP contribution in [0.25, 0.3) is 22.3 Å². The molecule has 2 aromatic heterocycles. The van der Waals surface area contributed by atoms with Crippen molar-refractivity contribution >= 4 is 28.6 Å². The number of halogens is 5. The predicted octanol–water partition coefficient (Wildman–Crippen LogP) is 7.77. The van der Waals surface area contributed by atoms with Crippen LogP contribution in [0.5, 0.6) is 5.88 Å². The van der Waals surface area contributed by atoms with Crippen LogP contribution in [-0.2, 0) is 17.8 Å². The van der Waals surface area contributed by atoms with Crippen LogP contribution in [0.15, 0.2) is 60.7 Å². The molecule has 0 bridgehead atoms. The smallest absolute Gasteiger partial charge is 0.335 e. The molecule has 0 spiro atoms. The van der Waals surface area contributed by atoms with Gasteiger partial charge in [-0.2, -0.15) is 0 Å².